The van der Waals surface area contributed by atoms with Gasteiger partial charge in [-0.3, -0.25) is 14.4 Å². The molecular weight excluding hydrogens is 280 g/mol. The molecule has 0 atom stereocenters. The van der Waals surface area contributed by atoms with Crippen molar-refractivity contribution in [3.8, 4) is 0 Å². The van der Waals surface area contributed by atoms with Crippen LogP contribution in [-0.4, -0.2) is 22.6 Å². The molecule has 2 amide bonds. The number of carbonyl (C=O) groups excluding carboxylic acids is 3. The number of imide groups is 1. The summed E-state index contributed by atoms with van der Waals surface area (Å²) in [5.41, 5.74) is -0.316. The summed E-state index contributed by atoms with van der Waals surface area (Å²) in [7, 11) is 0. The first-order chi connectivity index (χ1) is 9.16. The lowest BCUT2D eigenvalue weighted by molar-refractivity contribution is -0.149. The average Bonchev–Trinajstić information content (AvgIpc) is 2.36. The second-order valence-electron chi connectivity index (χ2n) is 5.08. The third-order valence-electron chi connectivity index (χ3n) is 2.99. The largest absolute Gasteiger partial charge is 0.299 e. The van der Waals surface area contributed by atoms with Crippen molar-refractivity contribution in [2.24, 2.45) is 5.84 Å². The molecule has 0 radical (unpaired) electrons. The number of ketones is 1. The van der Waals surface area contributed by atoms with Crippen LogP contribution < -0.4 is 5.84 Å². The number of benzene rings is 1. The molecule has 1 aromatic rings. The van der Waals surface area contributed by atoms with Crippen molar-refractivity contribution in [2.45, 2.75) is 32.6 Å². The fourth-order valence-corrected chi connectivity index (χ4v) is 1.83. The van der Waals surface area contributed by atoms with Crippen LogP contribution in [0.1, 0.15) is 32.8 Å². The number of hydrazine groups is 1. The summed E-state index contributed by atoms with van der Waals surface area (Å²) in [6.45, 7) is 4.57. The van der Waals surface area contributed by atoms with Crippen molar-refractivity contribution >= 4 is 29.2 Å². The molecule has 0 fully saturated rings. The number of carbonyl (C=O) groups is 3. The van der Waals surface area contributed by atoms with Gasteiger partial charge in [0.1, 0.15) is 5.78 Å². The van der Waals surface area contributed by atoms with Gasteiger partial charge in [-0.05, 0) is 38.5 Å². The van der Waals surface area contributed by atoms with E-state index < -0.39 is 17.2 Å². The predicted molar refractivity (Wildman–Crippen MR) is 75.8 cm³/mol. The Hall–Kier alpha value is -1.72. The number of rotatable bonds is 4. The smallest absolute Gasteiger partial charge is 0.253 e. The molecule has 0 bridgehead atoms. The van der Waals surface area contributed by atoms with E-state index in [0.717, 1.165) is 0 Å². The van der Waals surface area contributed by atoms with Gasteiger partial charge in [0.15, 0.2) is 0 Å². The van der Waals surface area contributed by atoms with Gasteiger partial charge in [0.05, 0.1) is 11.8 Å². The molecule has 0 aliphatic rings. The van der Waals surface area contributed by atoms with Crippen LogP contribution in [-0.2, 0) is 19.8 Å². The number of nitrogens with zero attached hydrogens (tertiary/aromatic N) is 1. The number of Topliss-reactive ketones (excluding diaryl/α,β-unsaturated/α-hetero) is 1. The summed E-state index contributed by atoms with van der Waals surface area (Å²) in [6.07, 6.45) is -0.390. The van der Waals surface area contributed by atoms with E-state index in [2.05, 4.69) is 0 Å². The van der Waals surface area contributed by atoms with Gasteiger partial charge < -0.3 is 0 Å². The van der Waals surface area contributed by atoms with Crippen molar-refractivity contribution in [1.82, 2.24) is 5.01 Å². The van der Waals surface area contributed by atoms with E-state index in [4.69, 9.17) is 17.4 Å². The van der Waals surface area contributed by atoms with Crippen LogP contribution >= 0.6 is 11.6 Å². The van der Waals surface area contributed by atoms with Gasteiger partial charge in [0.2, 0.25) is 0 Å². The van der Waals surface area contributed by atoms with E-state index in [1.54, 1.807) is 38.1 Å². The Morgan fingerprint density at radius 3 is 2.15 bits per heavy atom. The highest BCUT2D eigenvalue weighted by atomic mass is 35.5. The standard InChI is InChI=1S/C14H17ClN2O3/c1-9(18)8-12(19)17(16)13(20)14(2,3)10-4-6-11(15)7-5-10/h4-7H,8,16H2,1-3H3. The Bertz CT molecular complexity index is 538. The van der Waals surface area contributed by atoms with Gasteiger partial charge in [-0.2, -0.15) is 0 Å². The predicted octanol–water partition coefficient (Wildman–Crippen LogP) is 1.83. The van der Waals surface area contributed by atoms with Crippen molar-refractivity contribution in [2.75, 3.05) is 0 Å². The van der Waals surface area contributed by atoms with Crippen molar-refractivity contribution in [3.63, 3.8) is 0 Å². The van der Waals surface area contributed by atoms with Crippen LogP contribution in [0.4, 0.5) is 0 Å². The van der Waals surface area contributed by atoms with Crippen molar-refractivity contribution in [3.05, 3.63) is 34.9 Å². The molecule has 2 N–H and O–H groups in total. The summed E-state index contributed by atoms with van der Waals surface area (Å²) in [4.78, 5) is 34.9. The molecule has 108 valence electrons. The zero-order chi connectivity index (χ0) is 15.5. The minimum absolute atomic E-state index is 0.345. The van der Waals surface area contributed by atoms with Gasteiger partial charge >= 0.3 is 0 Å². The summed E-state index contributed by atoms with van der Waals surface area (Å²) in [5.74, 6) is 3.88. The second kappa shape index (κ2) is 6.15. The molecular formula is C14H17ClN2O3. The molecule has 0 spiro atoms. The highest BCUT2D eigenvalue weighted by molar-refractivity contribution is 6.30. The molecule has 0 aromatic heterocycles. The maximum absolute atomic E-state index is 12.3. The fourth-order valence-electron chi connectivity index (χ4n) is 1.70. The first kappa shape index (κ1) is 16.3. The lowest BCUT2D eigenvalue weighted by atomic mass is 9.83. The number of hydrogen-bond acceptors (Lipinski definition) is 4. The highest BCUT2D eigenvalue weighted by Crippen LogP contribution is 2.26. The minimum atomic E-state index is -0.994. The molecule has 0 saturated carbocycles. The van der Waals surface area contributed by atoms with Crippen LogP contribution in [0.25, 0.3) is 0 Å². The van der Waals surface area contributed by atoms with Crippen molar-refractivity contribution < 1.29 is 14.4 Å². The fraction of sp³-hybridized carbons (Fsp3) is 0.357. The summed E-state index contributed by atoms with van der Waals surface area (Å²) in [5, 5.41) is 1.06. The number of amides is 2. The third-order valence-corrected chi connectivity index (χ3v) is 3.24. The van der Waals surface area contributed by atoms with Crippen LogP contribution in [0.15, 0.2) is 24.3 Å². The second-order valence-corrected chi connectivity index (χ2v) is 5.52. The van der Waals surface area contributed by atoms with E-state index in [0.29, 0.717) is 15.6 Å². The lowest BCUT2D eigenvalue weighted by Gasteiger charge is -2.28. The SMILES string of the molecule is CC(=O)CC(=O)N(N)C(=O)C(C)(C)c1ccc(Cl)cc1. The molecule has 0 aliphatic heterocycles. The first-order valence-corrected chi connectivity index (χ1v) is 6.41. The highest BCUT2D eigenvalue weighted by Gasteiger charge is 2.35. The molecule has 5 nitrogen and oxygen atoms in total. The van der Waals surface area contributed by atoms with E-state index in [1.807, 2.05) is 0 Å². The summed E-state index contributed by atoms with van der Waals surface area (Å²) < 4.78 is 0. The number of nitrogens with two attached hydrogens (primary N) is 1. The number of hydrogen-bond donors (Lipinski definition) is 1. The maximum atomic E-state index is 12.3. The summed E-state index contributed by atoms with van der Waals surface area (Å²) in [6, 6.07) is 6.71. The normalized spacial score (nSPS) is 11.1. The van der Waals surface area contributed by atoms with E-state index in [1.165, 1.54) is 6.92 Å². The topological polar surface area (TPSA) is 80.5 Å². The minimum Gasteiger partial charge on any atom is -0.299 e. The first-order valence-electron chi connectivity index (χ1n) is 6.04. The zero-order valence-electron chi connectivity index (χ0n) is 11.6. The Balaban J connectivity index is 2.96. The molecule has 0 unspecified atom stereocenters. The Kier molecular flexibility index (Phi) is 5.03. The average molecular weight is 297 g/mol. The van der Waals surface area contributed by atoms with Gasteiger partial charge in [-0.15, -0.1) is 0 Å². The van der Waals surface area contributed by atoms with Gasteiger partial charge in [0, 0.05) is 5.02 Å². The monoisotopic (exact) mass is 296 g/mol. The molecule has 6 heteroatoms. The quantitative estimate of drug-likeness (QED) is 0.398. The van der Waals surface area contributed by atoms with Crippen LogP contribution in [0.2, 0.25) is 5.02 Å². The molecule has 0 aliphatic carbocycles. The van der Waals surface area contributed by atoms with Crippen LogP contribution in [0, 0.1) is 0 Å². The van der Waals surface area contributed by atoms with Crippen molar-refractivity contribution in [1.29, 1.82) is 0 Å². The Morgan fingerprint density at radius 2 is 1.70 bits per heavy atom. The summed E-state index contributed by atoms with van der Waals surface area (Å²) >= 11 is 5.80. The van der Waals surface area contributed by atoms with E-state index >= 15 is 0 Å². The lowest BCUT2D eigenvalue weighted by Crippen LogP contribution is -2.51. The van der Waals surface area contributed by atoms with Crippen LogP contribution in [0.3, 0.4) is 0 Å². The zero-order valence-corrected chi connectivity index (χ0v) is 12.4. The Morgan fingerprint density at radius 1 is 1.20 bits per heavy atom. The Labute approximate surface area is 122 Å². The third kappa shape index (κ3) is 3.65. The van der Waals surface area contributed by atoms with E-state index in [-0.39, 0.29) is 12.2 Å². The molecule has 0 heterocycles. The molecule has 20 heavy (non-hydrogen) atoms. The maximum Gasteiger partial charge on any atom is 0.253 e. The molecule has 1 rings (SSSR count). The molecule has 0 saturated heterocycles. The number of halogens is 1. The van der Waals surface area contributed by atoms with Gasteiger partial charge in [-0.25, -0.2) is 10.9 Å². The molecule has 1 aromatic carbocycles. The van der Waals surface area contributed by atoms with Gasteiger partial charge in [-0.1, -0.05) is 23.7 Å². The van der Waals surface area contributed by atoms with Crippen LogP contribution in [0.5, 0.6) is 0 Å². The van der Waals surface area contributed by atoms with E-state index in [9.17, 15) is 14.4 Å². The van der Waals surface area contributed by atoms with Gasteiger partial charge in [0.25, 0.3) is 11.8 Å².